The number of ether oxygens (including phenoxy) is 5. The van der Waals surface area contributed by atoms with Crippen molar-refractivity contribution in [3.63, 3.8) is 0 Å². The fourth-order valence-corrected chi connectivity index (χ4v) is 9.59. The molecule has 6 rings (SSSR count). The van der Waals surface area contributed by atoms with Crippen LogP contribution in [0.1, 0.15) is 82.6 Å². The van der Waals surface area contributed by atoms with Crippen LogP contribution < -0.4 is 18.9 Å². The van der Waals surface area contributed by atoms with E-state index in [0.29, 0.717) is 54.0 Å². The lowest BCUT2D eigenvalue weighted by atomic mass is 9.80. The number of nitrogens with zero attached hydrogens (tertiary/aromatic N) is 2. The standard InChI is InChI=1S/C48H51N2O8P/c1-33(2)50(34(3)4)59(58-26-10-25-49)30-29-56-41-22-24-43-45(32-41)47(52)42-23-21-40(31-44(42)46(43)51)55-27-28-57-48(35-11-8-7-9-12-35,36-13-17-38(53-5)18-14-36)37-15-19-39(54-6)20-16-37/h7-9,11-24,31-34H,10,26-30H2,1-6H3. The summed E-state index contributed by atoms with van der Waals surface area (Å²) in [6.07, 6.45) is 0.939. The largest absolute Gasteiger partial charge is 0.497 e. The Bertz CT molecular complexity index is 2180. The number of carbonyl (C=O) groups is 2. The van der Waals surface area contributed by atoms with Gasteiger partial charge in [-0.05, 0) is 105 Å². The van der Waals surface area contributed by atoms with Crippen LogP contribution in [-0.4, -0.2) is 75.1 Å². The minimum Gasteiger partial charge on any atom is -0.497 e. The van der Waals surface area contributed by atoms with Crippen molar-refractivity contribution in [3.05, 3.63) is 154 Å². The molecule has 10 nitrogen and oxygen atoms in total. The maximum absolute atomic E-state index is 13.8. The van der Waals surface area contributed by atoms with Gasteiger partial charge in [0.15, 0.2) is 11.6 Å². The first kappa shape index (κ1) is 43.0. The average Bonchev–Trinajstić information content (AvgIpc) is 3.26. The summed E-state index contributed by atoms with van der Waals surface area (Å²) in [6.45, 7) is 9.57. The molecular weight excluding hydrogens is 764 g/mol. The van der Waals surface area contributed by atoms with Crippen molar-refractivity contribution < 1.29 is 37.8 Å². The third-order valence-corrected chi connectivity index (χ3v) is 12.6. The summed E-state index contributed by atoms with van der Waals surface area (Å²) in [6, 6.07) is 38.3. The van der Waals surface area contributed by atoms with E-state index < -0.39 is 13.9 Å². The van der Waals surface area contributed by atoms with E-state index in [-0.39, 0.29) is 42.4 Å². The highest BCUT2D eigenvalue weighted by atomic mass is 31.2. The van der Waals surface area contributed by atoms with Crippen molar-refractivity contribution in [1.29, 1.82) is 5.26 Å². The number of carbonyl (C=O) groups excluding carboxylic acids is 2. The van der Waals surface area contributed by atoms with E-state index in [1.54, 1.807) is 50.6 Å². The number of fused-ring (bicyclic) bond motifs is 2. The summed E-state index contributed by atoms with van der Waals surface area (Å²) in [5.41, 5.74) is 2.92. The molecule has 59 heavy (non-hydrogen) atoms. The van der Waals surface area contributed by atoms with Crippen LogP contribution in [0.3, 0.4) is 0 Å². The molecule has 1 aliphatic rings. The number of methoxy groups -OCH3 is 2. The van der Waals surface area contributed by atoms with Crippen LogP contribution in [0.25, 0.3) is 0 Å². The van der Waals surface area contributed by atoms with Gasteiger partial charge in [0.2, 0.25) is 0 Å². The molecule has 11 heteroatoms. The Balaban J connectivity index is 1.16. The van der Waals surface area contributed by atoms with E-state index in [1.807, 2.05) is 78.9 Å². The number of rotatable bonds is 20. The van der Waals surface area contributed by atoms with E-state index in [2.05, 4.69) is 38.4 Å². The molecule has 0 spiro atoms. The molecule has 1 unspecified atom stereocenters. The SMILES string of the molecule is COc1ccc(C(OCCOc2ccc3c(c2)C(=O)c2ccc(OCCP(OCCC#N)N(C(C)C)C(C)C)cc2C3=O)(c2ccccc2)c2ccc(OC)cc2)cc1. The second-order valence-electron chi connectivity index (χ2n) is 14.5. The lowest BCUT2D eigenvalue weighted by molar-refractivity contribution is -0.00245. The molecule has 0 fully saturated rings. The van der Waals surface area contributed by atoms with Crippen molar-refractivity contribution in [2.75, 3.05) is 46.8 Å². The van der Waals surface area contributed by atoms with Crippen molar-refractivity contribution in [2.24, 2.45) is 0 Å². The predicted octanol–water partition coefficient (Wildman–Crippen LogP) is 9.61. The molecule has 5 aromatic carbocycles. The lowest BCUT2D eigenvalue weighted by Crippen LogP contribution is -2.34. The first-order valence-electron chi connectivity index (χ1n) is 19.8. The van der Waals surface area contributed by atoms with Crippen molar-refractivity contribution in [2.45, 2.75) is 51.8 Å². The highest BCUT2D eigenvalue weighted by Gasteiger charge is 2.38. The number of nitriles is 1. The maximum atomic E-state index is 13.8. The highest BCUT2D eigenvalue weighted by molar-refractivity contribution is 7.50. The Kier molecular flexibility index (Phi) is 14.5. The van der Waals surface area contributed by atoms with E-state index in [0.717, 1.165) is 28.2 Å². The van der Waals surface area contributed by atoms with Gasteiger partial charge in [-0.3, -0.25) is 14.3 Å². The van der Waals surface area contributed by atoms with Gasteiger partial charge in [0.25, 0.3) is 0 Å². The van der Waals surface area contributed by atoms with E-state index in [4.69, 9.17) is 33.5 Å². The first-order chi connectivity index (χ1) is 28.6. The minimum absolute atomic E-state index is 0.163. The van der Waals surface area contributed by atoms with Crippen LogP contribution in [0.5, 0.6) is 23.0 Å². The Morgan fingerprint density at radius 1 is 0.593 bits per heavy atom. The molecule has 0 amide bonds. The summed E-state index contributed by atoms with van der Waals surface area (Å²) in [4.78, 5) is 27.6. The summed E-state index contributed by atoms with van der Waals surface area (Å²) >= 11 is 0. The smallest absolute Gasteiger partial charge is 0.194 e. The monoisotopic (exact) mass is 814 g/mol. The molecular formula is C48H51N2O8P. The Labute approximate surface area is 348 Å². The molecule has 306 valence electrons. The van der Waals surface area contributed by atoms with Gasteiger partial charge in [-0.25, -0.2) is 0 Å². The lowest BCUT2D eigenvalue weighted by Gasteiger charge is -2.37. The first-order valence-corrected chi connectivity index (χ1v) is 21.2. The molecule has 0 aliphatic heterocycles. The van der Waals surface area contributed by atoms with Crippen LogP contribution in [0.4, 0.5) is 0 Å². The summed E-state index contributed by atoms with van der Waals surface area (Å²) < 4.78 is 38.6. The Morgan fingerprint density at radius 2 is 1.07 bits per heavy atom. The molecule has 0 radical (unpaired) electrons. The number of benzene rings is 5. The average molecular weight is 815 g/mol. The molecule has 1 atom stereocenters. The van der Waals surface area contributed by atoms with Gasteiger partial charge in [0, 0.05) is 40.5 Å². The molecule has 0 bridgehead atoms. The topological polar surface area (TPSA) is 117 Å². The van der Waals surface area contributed by atoms with Gasteiger partial charge < -0.3 is 28.2 Å². The van der Waals surface area contributed by atoms with Gasteiger partial charge in [-0.15, -0.1) is 0 Å². The number of hydrogen-bond donors (Lipinski definition) is 0. The summed E-state index contributed by atoms with van der Waals surface area (Å²) in [7, 11) is 2.26. The molecule has 0 saturated carbocycles. The third kappa shape index (κ3) is 9.67. The van der Waals surface area contributed by atoms with E-state index >= 15 is 0 Å². The summed E-state index contributed by atoms with van der Waals surface area (Å²) in [5, 5.41) is 9.04. The van der Waals surface area contributed by atoms with Crippen LogP contribution >= 0.6 is 8.30 Å². The molecule has 1 aliphatic carbocycles. The zero-order chi connectivity index (χ0) is 41.9. The van der Waals surface area contributed by atoms with Crippen molar-refractivity contribution >= 4 is 19.9 Å². The van der Waals surface area contributed by atoms with Gasteiger partial charge in [-0.2, -0.15) is 5.26 Å². The van der Waals surface area contributed by atoms with Gasteiger partial charge >= 0.3 is 0 Å². The fourth-order valence-electron chi connectivity index (χ4n) is 7.51. The predicted molar refractivity (Wildman–Crippen MR) is 229 cm³/mol. The maximum Gasteiger partial charge on any atom is 0.194 e. The molecule has 0 saturated heterocycles. The zero-order valence-electron chi connectivity index (χ0n) is 34.5. The van der Waals surface area contributed by atoms with Gasteiger partial charge in [0.1, 0.15) is 43.5 Å². The van der Waals surface area contributed by atoms with Gasteiger partial charge in [0.05, 0.1) is 46.5 Å². The van der Waals surface area contributed by atoms with Gasteiger partial charge in [-0.1, -0.05) is 54.6 Å². The van der Waals surface area contributed by atoms with Crippen molar-refractivity contribution in [3.8, 4) is 29.1 Å². The zero-order valence-corrected chi connectivity index (χ0v) is 35.4. The van der Waals surface area contributed by atoms with Crippen LogP contribution in [0, 0.1) is 11.3 Å². The second-order valence-corrected chi connectivity index (χ2v) is 16.4. The Morgan fingerprint density at radius 3 is 1.54 bits per heavy atom. The van der Waals surface area contributed by atoms with Crippen LogP contribution in [-0.2, 0) is 14.9 Å². The molecule has 5 aromatic rings. The summed E-state index contributed by atoms with van der Waals surface area (Å²) in [5.74, 6) is 1.88. The van der Waals surface area contributed by atoms with E-state index in [9.17, 15) is 9.59 Å². The van der Waals surface area contributed by atoms with Crippen LogP contribution in [0.2, 0.25) is 0 Å². The van der Waals surface area contributed by atoms with Crippen molar-refractivity contribution in [1.82, 2.24) is 4.67 Å². The molecule has 0 N–H and O–H groups in total. The normalized spacial score (nSPS) is 12.9. The third-order valence-electron chi connectivity index (χ3n) is 10.1. The minimum atomic E-state index is -1.01. The number of hydrogen-bond acceptors (Lipinski definition) is 10. The Hall–Kier alpha value is -5.56. The number of ketones is 2. The van der Waals surface area contributed by atoms with Crippen LogP contribution in [0.15, 0.2) is 115 Å². The molecule has 0 aromatic heterocycles. The fraction of sp³-hybridized carbons (Fsp3) is 0.312. The quantitative estimate of drug-likeness (QED) is 0.0419. The second kappa shape index (κ2) is 19.9. The van der Waals surface area contributed by atoms with E-state index in [1.165, 1.54) is 0 Å². The molecule has 0 heterocycles. The highest BCUT2D eigenvalue weighted by Crippen LogP contribution is 2.45.